The number of aromatic hydroxyl groups is 1. The first-order valence-electron chi connectivity index (χ1n) is 6.52. The highest BCUT2D eigenvalue weighted by Crippen LogP contribution is 2.25. The van der Waals surface area contributed by atoms with Crippen LogP contribution in [-0.2, 0) is 6.42 Å². The highest BCUT2D eigenvalue weighted by molar-refractivity contribution is 6.33. The van der Waals surface area contributed by atoms with Crippen LogP contribution in [0.15, 0.2) is 42.5 Å². The van der Waals surface area contributed by atoms with E-state index in [1.165, 1.54) is 6.07 Å². The number of nitrogens with two attached hydrogens (primary N) is 1. The number of aliphatic hydroxyl groups is 1. The number of amides is 1. The summed E-state index contributed by atoms with van der Waals surface area (Å²) in [4.78, 5) is 11.1. The lowest BCUT2D eigenvalue weighted by molar-refractivity contribution is 0.1000. The molecular weight excluding hydrogens is 290 g/mol. The van der Waals surface area contributed by atoms with Crippen LogP contribution >= 0.6 is 11.6 Å². The van der Waals surface area contributed by atoms with Crippen molar-refractivity contribution < 1.29 is 15.0 Å². The van der Waals surface area contributed by atoms with Gasteiger partial charge >= 0.3 is 0 Å². The van der Waals surface area contributed by atoms with Crippen LogP contribution in [0.2, 0.25) is 5.02 Å². The molecule has 0 aromatic heterocycles. The van der Waals surface area contributed by atoms with Gasteiger partial charge in [0.1, 0.15) is 5.75 Å². The van der Waals surface area contributed by atoms with E-state index in [2.05, 4.69) is 0 Å². The van der Waals surface area contributed by atoms with Crippen LogP contribution in [0.25, 0.3) is 0 Å². The molecule has 1 amide bonds. The fraction of sp³-hybridized carbons (Fsp3) is 0.188. The van der Waals surface area contributed by atoms with Gasteiger partial charge in [-0.15, -0.1) is 0 Å². The van der Waals surface area contributed by atoms with Crippen molar-refractivity contribution in [2.24, 2.45) is 5.73 Å². The molecule has 1 atom stereocenters. The first kappa shape index (κ1) is 15.4. The summed E-state index contributed by atoms with van der Waals surface area (Å²) >= 11 is 5.96. The number of aliphatic hydroxyl groups excluding tert-OH is 1. The van der Waals surface area contributed by atoms with Gasteiger partial charge in [-0.05, 0) is 48.2 Å². The summed E-state index contributed by atoms with van der Waals surface area (Å²) in [7, 11) is 0. The van der Waals surface area contributed by atoms with Crippen LogP contribution in [0, 0.1) is 0 Å². The first-order chi connectivity index (χ1) is 9.97. The third-order valence-electron chi connectivity index (χ3n) is 3.26. The van der Waals surface area contributed by atoms with Crippen LogP contribution in [0.3, 0.4) is 0 Å². The van der Waals surface area contributed by atoms with E-state index in [0.29, 0.717) is 18.4 Å². The Hall–Kier alpha value is -2.04. The standard InChI is InChI=1S/C16H16ClNO3/c17-14-9-11(5-6-13(14)16(18)21)15(20)7-4-10-2-1-3-12(19)8-10/h1-3,5-6,8-9,15,19-20H,4,7H2,(H2,18,21). The van der Waals surface area contributed by atoms with Gasteiger partial charge in [0, 0.05) is 0 Å². The lowest BCUT2D eigenvalue weighted by Gasteiger charge is -2.12. The Kier molecular flexibility index (Phi) is 4.83. The van der Waals surface area contributed by atoms with Gasteiger partial charge in [0.15, 0.2) is 0 Å². The predicted octanol–water partition coefficient (Wildman–Crippen LogP) is 2.81. The maximum absolute atomic E-state index is 11.1. The minimum absolute atomic E-state index is 0.204. The highest BCUT2D eigenvalue weighted by atomic mass is 35.5. The Bertz CT molecular complexity index is 658. The molecule has 1 unspecified atom stereocenters. The van der Waals surface area contributed by atoms with Crippen LogP contribution in [0.4, 0.5) is 0 Å². The van der Waals surface area contributed by atoms with E-state index in [0.717, 1.165) is 5.56 Å². The van der Waals surface area contributed by atoms with E-state index in [1.807, 2.05) is 6.07 Å². The maximum Gasteiger partial charge on any atom is 0.250 e. The number of rotatable bonds is 5. The smallest absolute Gasteiger partial charge is 0.250 e. The second-order valence-electron chi connectivity index (χ2n) is 4.83. The number of aryl methyl sites for hydroxylation is 1. The molecule has 0 radical (unpaired) electrons. The Morgan fingerprint density at radius 2 is 2.00 bits per heavy atom. The van der Waals surface area contributed by atoms with Crippen LogP contribution in [0.1, 0.15) is 34.0 Å². The van der Waals surface area contributed by atoms with E-state index in [9.17, 15) is 15.0 Å². The van der Waals surface area contributed by atoms with Gasteiger partial charge in [0.05, 0.1) is 16.7 Å². The van der Waals surface area contributed by atoms with Gasteiger partial charge in [0.2, 0.25) is 5.91 Å². The molecule has 0 aliphatic rings. The number of halogens is 1. The Balaban J connectivity index is 2.05. The second kappa shape index (κ2) is 6.61. The van der Waals surface area contributed by atoms with Gasteiger partial charge in [0.25, 0.3) is 0 Å². The molecule has 5 heteroatoms. The lowest BCUT2D eigenvalue weighted by atomic mass is 10.00. The normalized spacial score (nSPS) is 12.1. The molecular formula is C16H16ClNO3. The topological polar surface area (TPSA) is 83.6 Å². The number of primary amides is 1. The highest BCUT2D eigenvalue weighted by Gasteiger charge is 2.12. The third-order valence-corrected chi connectivity index (χ3v) is 3.57. The van der Waals surface area contributed by atoms with Crippen molar-refractivity contribution in [1.82, 2.24) is 0 Å². The molecule has 0 saturated carbocycles. The van der Waals surface area contributed by atoms with Gasteiger partial charge < -0.3 is 15.9 Å². The van der Waals surface area contributed by atoms with Gasteiger partial charge in [-0.1, -0.05) is 29.8 Å². The molecule has 0 saturated heterocycles. The first-order valence-corrected chi connectivity index (χ1v) is 6.90. The molecule has 110 valence electrons. The van der Waals surface area contributed by atoms with E-state index < -0.39 is 12.0 Å². The maximum atomic E-state index is 11.1. The summed E-state index contributed by atoms with van der Waals surface area (Å²) in [5.41, 5.74) is 6.99. The van der Waals surface area contributed by atoms with Gasteiger partial charge in [-0.3, -0.25) is 4.79 Å². The second-order valence-corrected chi connectivity index (χ2v) is 5.24. The Labute approximate surface area is 127 Å². The molecule has 4 nitrogen and oxygen atoms in total. The number of benzene rings is 2. The van der Waals surface area contributed by atoms with Crippen molar-refractivity contribution in [2.75, 3.05) is 0 Å². The molecule has 0 spiro atoms. The largest absolute Gasteiger partial charge is 0.508 e. The van der Waals surface area contributed by atoms with E-state index in [4.69, 9.17) is 17.3 Å². The molecule has 2 rings (SSSR count). The van der Waals surface area contributed by atoms with Crippen molar-refractivity contribution in [3.8, 4) is 5.75 Å². The zero-order valence-electron chi connectivity index (χ0n) is 11.3. The minimum atomic E-state index is -0.702. The molecule has 2 aromatic carbocycles. The number of carbonyl (C=O) groups excluding carboxylic acids is 1. The molecule has 0 aliphatic carbocycles. The SMILES string of the molecule is NC(=O)c1ccc(C(O)CCc2cccc(O)c2)cc1Cl. The number of hydrogen-bond acceptors (Lipinski definition) is 3. The van der Waals surface area contributed by atoms with E-state index in [1.54, 1.807) is 30.3 Å². The average molecular weight is 306 g/mol. The molecule has 0 bridgehead atoms. The van der Waals surface area contributed by atoms with Gasteiger partial charge in [-0.25, -0.2) is 0 Å². The van der Waals surface area contributed by atoms with Crippen molar-refractivity contribution >= 4 is 17.5 Å². The summed E-state index contributed by atoms with van der Waals surface area (Å²) in [6.07, 6.45) is 0.396. The third kappa shape index (κ3) is 3.97. The number of phenols is 1. The quantitative estimate of drug-likeness (QED) is 0.794. The Morgan fingerprint density at radius 1 is 1.24 bits per heavy atom. The fourth-order valence-electron chi connectivity index (χ4n) is 2.12. The molecule has 4 N–H and O–H groups in total. The number of hydrogen-bond donors (Lipinski definition) is 3. The zero-order chi connectivity index (χ0) is 15.4. The minimum Gasteiger partial charge on any atom is -0.508 e. The van der Waals surface area contributed by atoms with Crippen molar-refractivity contribution in [2.45, 2.75) is 18.9 Å². The summed E-state index contributed by atoms with van der Waals surface area (Å²) in [5.74, 6) is -0.392. The van der Waals surface area contributed by atoms with E-state index in [-0.39, 0.29) is 16.3 Å². The van der Waals surface area contributed by atoms with Crippen molar-refractivity contribution in [1.29, 1.82) is 0 Å². The van der Waals surface area contributed by atoms with Crippen LogP contribution < -0.4 is 5.73 Å². The van der Waals surface area contributed by atoms with Crippen LogP contribution in [-0.4, -0.2) is 16.1 Å². The predicted molar refractivity (Wildman–Crippen MR) is 81.4 cm³/mol. The summed E-state index contributed by atoms with van der Waals surface area (Å²) in [5, 5.41) is 19.8. The molecule has 0 fully saturated rings. The summed E-state index contributed by atoms with van der Waals surface area (Å²) in [6, 6.07) is 11.6. The van der Waals surface area contributed by atoms with Crippen molar-refractivity contribution in [3.63, 3.8) is 0 Å². The van der Waals surface area contributed by atoms with E-state index >= 15 is 0 Å². The zero-order valence-corrected chi connectivity index (χ0v) is 12.0. The molecule has 0 heterocycles. The molecule has 2 aromatic rings. The molecule has 21 heavy (non-hydrogen) atoms. The molecule has 0 aliphatic heterocycles. The monoisotopic (exact) mass is 305 g/mol. The lowest BCUT2D eigenvalue weighted by Crippen LogP contribution is -2.12. The van der Waals surface area contributed by atoms with Crippen LogP contribution in [0.5, 0.6) is 5.75 Å². The number of carbonyl (C=O) groups is 1. The number of phenolic OH excluding ortho intramolecular Hbond substituents is 1. The average Bonchev–Trinajstić information content (AvgIpc) is 2.44. The Morgan fingerprint density at radius 3 is 2.62 bits per heavy atom. The van der Waals surface area contributed by atoms with Gasteiger partial charge in [-0.2, -0.15) is 0 Å². The summed E-state index contributed by atoms with van der Waals surface area (Å²) < 4.78 is 0. The van der Waals surface area contributed by atoms with Crippen molar-refractivity contribution in [3.05, 3.63) is 64.2 Å². The summed E-state index contributed by atoms with van der Waals surface area (Å²) in [6.45, 7) is 0. The fourth-order valence-corrected chi connectivity index (χ4v) is 2.40.